The van der Waals surface area contributed by atoms with E-state index in [2.05, 4.69) is 10.2 Å². The lowest BCUT2D eigenvalue weighted by Gasteiger charge is -2.31. The van der Waals surface area contributed by atoms with Gasteiger partial charge in [0.05, 0.1) is 12.7 Å². The lowest BCUT2D eigenvalue weighted by Crippen LogP contribution is -2.38. The summed E-state index contributed by atoms with van der Waals surface area (Å²) in [6, 6.07) is 13.3. The molecule has 3 heterocycles. The van der Waals surface area contributed by atoms with Crippen molar-refractivity contribution in [2.45, 2.75) is 18.8 Å². The van der Waals surface area contributed by atoms with Crippen LogP contribution < -0.4 is 4.74 Å². The number of carbonyl (C=O) groups excluding carboxylic acids is 1. The Labute approximate surface area is 146 Å². The van der Waals surface area contributed by atoms with Crippen LogP contribution in [-0.2, 0) is 0 Å². The fraction of sp³-hybridized carbons (Fsp3) is 0.316. The van der Waals surface area contributed by atoms with E-state index in [-0.39, 0.29) is 5.91 Å². The molecule has 0 radical (unpaired) electrons. The summed E-state index contributed by atoms with van der Waals surface area (Å²) < 4.78 is 7.36. The van der Waals surface area contributed by atoms with Gasteiger partial charge in [0.25, 0.3) is 5.91 Å². The highest BCUT2D eigenvalue weighted by molar-refractivity contribution is 5.97. The summed E-state index contributed by atoms with van der Waals surface area (Å²) in [5.74, 6) is 1.96. The monoisotopic (exact) mass is 336 g/mol. The van der Waals surface area contributed by atoms with Crippen LogP contribution in [0.15, 0.2) is 48.7 Å². The number of fused-ring (bicyclic) bond motifs is 1. The molecular weight excluding hydrogens is 316 g/mol. The Morgan fingerprint density at radius 2 is 1.84 bits per heavy atom. The number of rotatable bonds is 3. The average Bonchev–Trinajstić information content (AvgIpc) is 3.11. The van der Waals surface area contributed by atoms with Gasteiger partial charge in [0.1, 0.15) is 11.6 Å². The van der Waals surface area contributed by atoms with Gasteiger partial charge in [-0.1, -0.05) is 18.2 Å². The molecular formula is C19H20N4O2. The Morgan fingerprint density at radius 1 is 1.08 bits per heavy atom. The van der Waals surface area contributed by atoms with Gasteiger partial charge in [-0.25, -0.2) is 0 Å². The Kier molecular flexibility index (Phi) is 4.09. The molecule has 128 valence electrons. The van der Waals surface area contributed by atoms with Gasteiger partial charge >= 0.3 is 0 Å². The van der Waals surface area contributed by atoms with Crippen LogP contribution in [0, 0.1) is 0 Å². The van der Waals surface area contributed by atoms with Crippen molar-refractivity contribution in [3.05, 3.63) is 60.0 Å². The van der Waals surface area contributed by atoms with E-state index < -0.39 is 0 Å². The Bertz CT molecular complexity index is 897. The summed E-state index contributed by atoms with van der Waals surface area (Å²) in [5, 5.41) is 8.60. The molecule has 2 aromatic heterocycles. The van der Waals surface area contributed by atoms with E-state index in [0.717, 1.165) is 24.3 Å². The lowest BCUT2D eigenvalue weighted by atomic mass is 9.95. The highest BCUT2D eigenvalue weighted by atomic mass is 16.5. The third-order valence-corrected chi connectivity index (χ3v) is 4.82. The molecule has 0 spiro atoms. The maximum absolute atomic E-state index is 12.8. The van der Waals surface area contributed by atoms with Gasteiger partial charge in [-0.05, 0) is 37.1 Å². The third kappa shape index (κ3) is 2.84. The summed E-state index contributed by atoms with van der Waals surface area (Å²) in [5.41, 5.74) is 1.49. The molecule has 4 rings (SSSR count). The topological polar surface area (TPSA) is 59.7 Å². The molecule has 1 aromatic carbocycles. The summed E-state index contributed by atoms with van der Waals surface area (Å²) >= 11 is 0. The lowest BCUT2D eigenvalue weighted by molar-refractivity contribution is 0.0707. The number of hydrogen-bond acceptors (Lipinski definition) is 4. The fourth-order valence-electron chi connectivity index (χ4n) is 3.47. The number of ether oxygens (including phenoxy) is 1. The van der Waals surface area contributed by atoms with Gasteiger partial charge in [0.15, 0.2) is 5.65 Å². The number of aromatic nitrogens is 3. The predicted molar refractivity (Wildman–Crippen MR) is 93.9 cm³/mol. The number of hydrogen-bond donors (Lipinski definition) is 0. The standard InChI is InChI=1S/C19H20N4O2/c1-25-16-7-3-2-6-15(16)19(24)22-12-9-14(10-13-22)18-21-20-17-8-4-5-11-23(17)18/h2-8,11,14H,9-10,12-13H2,1H3. The number of pyridine rings is 1. The van der Waals surface area contributed by atoms with Gasteiger partial charge in [0.2, 0.25) is 0 Å². The van der Waals surface area contributed by atoms with Crippen molar-refractivity contribution in [3.8, 4) is 5.75 Å². The van der Waals surface area contributed by atoms with E-state index >= 15 is 0 Å². The number of amides is 1. The number of nitrogens with zero attached hydrogens (tertiary/aromatic N) is 4. The smallest absolute Gasteiger partial charge is 0.257 e. The molecule has 1 amide bonds. The van der Waals surface area contributed by atoms with E-state index in [1.165, 1.54) is 0 Å². The van der Waals surface area contributed by atoms with Crippen LogP contribution in [0.3, 0.4) is 0 Å². The fourth-order valence-corrected chi connectivity index (χ4v) is 3.47. The first-order valence-corrected chi connectivity index (χ1v) is 8.50. The number of benzene rings is 1. The minimum Gasteiger partial charge on any atom is -0.496 e. The quantitative estimate of drug-likeness (QED) is 0.738. The van der Waals surface area contributed by atoms with Gasteiger partial charge in [-0.2, -0.15) is 0 Å². The van der Waals surface area contributed by atoms with Crippen LogP contribution in [0.5, 0.6) is 5.75 Å². The summed E-state index contributed by atoms with van der Waals surface area (Å²) in [6.45, 7) is 1.42. The van der Waals surface area contributed by atoms with E-state index in [0.29, 0.717) is 30.3 Å². The highest BCUT2D eigenvalue weighted by Gasteiger charge is 2.28. The minimum atomic E-state index is 0.0296. The van der Waals surface area contributed by atoms with E-state index in [4.69, 9.17) is 4.74 Å². The molecule has 6 nitrogen and oxygen atoms in total. The molecule has 0 aliphatic carbocycles. The SMILES string of the molecule is COc1ccccc1C(=O)N1CCC(c2nnc3ccccn23)CC1. The molecule has 0 N–H and O–H groups in total. The van der Waals surface area contributed by atoms with Crippen molar-refractivity contribution in [1.82, 2.24) is 19.5 Å². The minimum absolute atomic E-state index is 0.0296. The van der Waals surface area contributed by atoms with Crippen LogP contribution in [-0.4, -0.2) is 45.6 Å². The summed E-state index contributed by atoms with van der Waals surface area (Å²) in [7, 11) is 1.59. The zero-order valence-electron chi connectivity index (χ0n) is 14.1. The van der Waals surface area contributed by atoms with Crippen molar-refractivity contribution < 1.29 is 9.53 Å². The first-order valence-electron chi connectivity index (χ1n) is 8.50. The molecule has 3 aromatic rings. The van der Waals surface area contributed by atoms with Gasteiger partial charge < -0.3 is 9.64 Å². The number of carbonyl (C=O) groups is 1. The zero-order chi connectivity index (χ0) is 17.2. The maximum Gasteiger partial charge on any atom is 0.257 e. The molecule has 1 saturated heterocycles. The van der Waals surface area contributed by atoms with Gasteiger partial charge in [-0.15, -0.1) is 10.2 Å². The van der Waals surface area contributed by atoms with Crippen LogP contribution in [0.2, 0.25) is 0 Å². The predicted octanol–water partition coefficient (Wildman–Crippen LogP) is 2.76. The molecule has 1 fully saturated rings. The third-order valence-electron chi connectivity index (χ3n) is 4.82. The Hall–Kier alpha value is -2.89. The second kappa shape index (κ2) is 6.55. The molecule has 0 saturated carbocycles. The molecule has 1 aliphatic heterocycles. The second-order valence-electron chi connectivity index (χ2n) is 6.25. The molecule has 0 atom stereocenters. The van der Waals surface area contributed by atoms with Crippen LogP contribution in [0.4, 0.5) is 0 Å². The average molecular weight is 336 g/mol. The van der Waals surface area contributed by atoms with Crippen molar-refractivity contribution >= 4 is 11.6 Å². The normalized spacial score (nSPS) is 15.5. The van der Waals surface area contributed by atoms with Gasteiger partial charge in [0, 0.05) is 25.2 Å². The van der Waals surface area contributed by atoms with Crippen molar-refractivity contribution in [2.75, 3.05) is 20.2 Å². The number of para-hydroxylation sites is 1. The second-order valence-corrected chi connectivity index (χ2v) is 6.25. The molecule has 0 bridgehead atoms. The van der Waals surface area contributed by atoms with Crippen LogP contribution in [0.1, 0.15) is 34.9 Å². The van der Waals surface area contributed by atoms with Gasteiger partial charge in [-0.3, -0.25) is 9.20 Å². The van der Waals surface area contributed by atoms with E-state index in [1.807, 2.05) is 58.0 Å². The summed E-state index contributed by atoms with van der Waals surface area (Å²) in [6.07, 6.45) is 3.77. The number of piperidine rings is 1. The zero-order valence-corrected chi connectivity index (χ0v) is 14.1. The molecule has 1 aliphatic rings. The highest BCUT2D eigenvalue weighted by Crippen LogP contribution is 2.29. The van der Waals surface area contributed by atoms with Crippen molar-refractivity contribution in [2.24, 2.45) is 0 Å². The number of methoxy groups -OCH3 is 1. The molecule has 0 unspecified atom stereocenters. The summed E-state index contributed by atoms with van der Waals surface area (Å²) in [4.78, 5) is 14.7. The first-order chi connectivity index (χ1) is 12.3. The van der Waals surface area contributed by atoms with Crippen LogP contribution >= 0.6 is 0 Å². The Balaban J connectivity index is 1.49. The molecule has 6 heteroatoms. The van der Waals surface area contributed by atoms with Crippen molar-refractivity contribution in [3.63, 3.8) is 0 Å². The van der Waals surface area contributed by atoms with E-state index in [1.54, 1.807) is 7.11 Å². The molecule has 25 heavy (non-hydrogen) atoms. The maximum atomic E-state index is 12.8. The first kappa shape index (κ1) is 15.6. The largest absolute Gasteiger partial charge is 0.496 e. The van der Waals surface area contributed by atoms with Crippen LogP contribution in [0.25, 0.3) is 5.65 Å². The van der Waals surface area contributed by atoms with Crippen molar-refractivity contribution in [1.29, 1.82) is 0 Å². The number of likely N-dealkylation sites (tertiary alicyclic amines) is 1. The Morgan fingerprint density at radius 3 is 2.64 bits per heavy atom. The van der Waals surface area contributed by atoms with E-state index in [9.17, 15) is 4.79 Å².